The lowest BCUT2D eigenvalue weighted by Gasteiger charge is -2.18. The average molecular weight is 282 g/mol. The van der Waals surface area contributed by atoms with Crippen molar-refractivity contribution in [2.45, 2.75) is 26.3 Å². The molecule has 1 unspecified atom stereocenters. The molecule has 102 valence electrons. The molecular formula is C17H18N2S. The third kappa shape index (κ3) is 2.18. The first-order valence-electron chi connectivity index (χ1n) is 6.96. The highest BCUT2D eigenvalue weighted by molar-refractivity contribution is 7.71. The van der Waals surface area contributed by atoms with Crippen LogP contribution in [0.15, 0.2) is 48.5 Å². The van der Waals surface area contributed by atoms with E-state index >= 15 is 0 Å². The predicted molar refractivity (Wildman–Crippen MR) is 86.7 cm³/mol. The van der Waals surface area contributed by atoms with Gasteiger partial charge < -0.3 is 9.55 Å². The lowest BCUT2D eigenvalue weighted by molar-refractivity contribution is 0.575. The number of aromatic nitrogens is 2. The summed E-state index contributed by atoms with van der Waals surface area (Å²) in [6.45, 7) is 4.32. The molecule has 2 nitrogen and oxygen atoms in total. The fourth-order valence-corrected chi connectivity index (χ4v) is 3.12. The molecule has 1 aromatic heterocycles. The van der Waals surface area contributed by atoms with Gasteiger partial charge in [0.25, 0.3) is 0 Å². The van der Waals surface area contributed by atoms with Crippen LogP contribution < -0.4 is 0 Å². The van der Waals surface area contributed by atoms with E-state index in [-0.39, 0.29) is 6.04 Å². The van der Waals surface area contributed by atoms with Crippen LogP contribution in [-0.4, -0.2) is 9.55 Å². The van der Waals surface area contributed by atoms with Crippen LogP contribution in [0.3, 0.4) is 0 Å². The fourth-order valence-electron chi connectivity index (χ4n) is 2.78. The summed E-state index contributed by atoms with van der Waals surface area (Å²) in [4.78, 5) is 3.32. The minimum atomic E-state index is 0.277. The zero-order valence-electron chi connectivity index (χ0n) is 11.8. The highest BCUT2D eigenvalue weighted by atomic mass is 32.1. The van der Waals surface area contributed by atoms with Gasteiger partial charge in [0.1, 0.15) is 0 Å². The van der Waals surface area contributed by atoms with Crippen molar-refractivity contribution in [3.63, 3.8) is 0 Å². The van der Waals surface area contributed by atoms with Crippen LogP contribution in [0.2, 0.25) is 0 Å². The Morgan fingerprint density at radius 3 is 2.60 bits per heavy atom. The zero-order valence-corrected chi connectivity index (χ0v) is 12.6. The minimum Gasteiger partial charge on any atom is -0.331 e. The minimum absolute atomic E-state index is 0.277. The van der Waals surface area contributed by atoms with E-state index in [0.717, 1.165) is 16.7 Å². The molecule has 0 amide bonds. The Morgan fingerprint density at radius 1 is 1.15 bits per heavy atom. The van der Waals surface area contributed by atoms with Gasteiger partial charge in [-0.25, -0.2) is 0 Å². The molecule has 0 spiro atoms. The molecule has 0 radical (unpaired) electrons. The van der Waals surface area contributed by atoms with E-state index in [1.807, 2.05) is 0 Å². The van der Waals surface area contributed by atoms with Crippen molar-refractivity contribution in [2.24, 2.45) is 0 Å². The molecule has 1 atom stereocenters. The molecule has 3 heteroatoms. The predicted octanol–water partition coefficient (Wildman–Crippen LogP) is 5.01. The number of rotatable bonds is 3. The lowest BCUT2D eigenvalue weighted by atomic mass is 10.0. The van der Waals surface area contributed by atoms with Crippen molar-refractivity contribution < 1.29 is 0 Å². The normalized spacial score (nSPS) is 12.7. The van der Waals surface area contributed by atoms with Crippen molar-refractivity contribution >= 4 is 23.3 Å². The number of H-pyrrole nitrogens is 1. The maximum Gasteiger partial charge on any atom is 0.178 e. The number of hydrogen-bond acceptors (Lipinski definition) is 1. The molecule has 0 aliphatic carbocycles. The molecule has 0 fully saturated rings. The molecule has 0 aliphatic rings. The molecule has 3 aromatic rings. The first kappa shape index (κ1) is 13.1. The van der Waals surface area contributed by atoms with Gasteiger partial charge in [0.05, 0.1) is 17.1 Å². The first-order chi connectivity index (χ1) is 9.70. The summed E-state index contributed by atoms with van der Waals surface area (Å²) >= 11 is 5.55. The Labute approximate surface area is 124 Å². The number of imidazole rings is 1. The van der Waals surface area contributed by atoms with E-state index in [1.54, 1.807) is 0 Å². The second-order valence-corrected chi connectivity index (χ2v) is 5.54. The summed E-state index contributed by atoms with van der Waals surface area (Å²) < 4.78 is 3.04. The monoisotopic (exact) mass is 282 g/mol. The van der Waals surface area contributed by atoms with Gasteiger partial charge in [-0.1, -0.05) is 43.3 Å². The standard InChI is InChI=1S/C17H18N2S/c1-3-15(13-7-5-4-6-8-13)19-16-11-12(2)9-10-14(16)18-17(19)20/h4-11,15H,3H2,1-2H3,(H,18,20). The summed E-state index contributed by atoms with van der Waals surface area (Å²) in [6.07, 6.45) is 1.01. The lowest BCUT2D eigenvalue weighted by Crippen LogP contribution is -2.09. The van der Waals surface area contributed by atoms with Crippen LogP contribution in [0, 0.1) is 11.7 Å². The molecule has 1 N–H and O–H groups in total. The zero-order chi connectivity index (χ0) is 14.1. The number of nitrogens with one attached hydrogen (secondary N) is 1. The van der Waals surface area contributed by atoms with Crippen molar-refractivity contribution in [3.8, 4) is 0 Å². The van der Waals surface area contributed by atoms with Gasteiger partial charge in [-0.15, -0.1) is 0 Å². The van der Waals surface area contributed by atoms with E-state index in [9.17, 15) is 0 Å². The Kier molecular flexibility index (Phi) is 3.45. The van der Waals surface area contributed by atoms with Crippen molar-refractivity contribution in [1.82, 2.24) is 9.55 Å². The second kappa shape index (κ2) is 5.25. The Balaban J connectivity index is 2.24. The third-order valence-electron chi connectivity index (χ3n) is 3.76. The summed E-state index contributed by atoms with van der Waals surface area (Å²) in [7, 11) is 0. The van der Waals surface area contributed by atoms with E-state index in [4.69, 9.17) is 12.2 Å². The van der Waals surface area contributed by atoms with E-state index < -0.39 is 0 Å². The van der Waals surface area contributed by atoms with Crippen LogP contribution in [0.5, 0.6) is 0 Å². The molecule has 1 heterocycles. The molecule has 0 bridgehead atoms. The largest absolute Gasteiger partial charge is 0.331 e. The molecule has 20 heavy (non-hydrogen) atoms. The SMILES string of the molecule is CCC(c1ccccc1)n1c(=S)[nH]c2ccc(C)cc21. The number of nitrogens with zero attached hydrogens (tertiary/aromatic N) is 1. The van der Waals surface area contributed by atoms with Crippen LogP contribution in [0.1, 0.15) is 30.5 Å². The number of fused-ring (bicyclic) bond motifs is 1. The van der Waals surface area contributed by atoms with Gasteiger partial charge in [-0.2, -0.15) is 0 Å². The fraction of sp³-hybridized carbons (Fsp3) is 0.235. The quantitative estimate of drug-likeness (QED) is 0.670. The maximum absolute atomic E-state index is 5.55. The number of aromatic amines is 1. The first-order valence-corrected chi connectivity index (χ1v) is 7.37. The molecule has 3 rings (SSSR count). The van der Waals surface area contributed by atoms with Gasteiger partial charge in [0, 0.05) is 0 Å². The van der Waals surface area contributed by atoms with E-state index in [2.05, 4.69) is 71.9 Å². The topological polar surface area (TPSA) is 20.7 Å². The smallest absolute Gasteiger partial charge is 0.178 e. The van der Waals surface area contributed by atoms with Crippen LogP contribution in [-0.2, 0) is 0 Å². The van der Waals surface area contributed by atoms with Gasteiger partial charge in [0.2, 0.25) is 0 Å². The van der Waals surface area contributed by atoms with Gasteiger partial charge >= 0.3 is 0 Å². The molecule has 0 saturated carbocycles. The molecule has 0 aliphatic heterocycles. The molecular weight excluding hydrogens is 264 g/mol. The Hall–Kier alpha value is -1.87. The molecule has 0 saturated heterocycles. The summed E-state index contributed by atoms with van der Waals surface area (Å²) in [6, 6.07) is 17.3. The van der Waals surface area contributed by atoms with Crippen LogP contribution in [0.25, 0.3) is 11.0 Å². The van der Waals surface area contributed by atoms with Gasteiger partial charge in [-0.05, 0) is 48.8 Å². The number of hydrogen-bond donors (Lipinski definition) is 1. The van der Waals surface area contributed by atoms with Crippen LogP contribution in [0.4, 0.5) is 0 Å². The third-order valence-corrected chi connectivity index (χ3v) is 4.05. The average Bonchev–Trinajstić information content (AvgIpc) is 2.77. The van der Waals surface area contributed by atoms with Crippen molar-refractivity contribution in [1.29, 1.82) is 0 Å². The maximum atomic E-state index is 5.55. The Bertz CT molecular complexity index is 784. The van der Waals surface area contributed by atoms with Gasteiger partial charge in [0.15, 0.2) is 4.77 Å². The van der Waals surface area contributed by atoms with Gasteiger partial charge in [-0.3, -0.25) is 0 Å². The second-order valence-electron chi connectivity index (χ2n) is 5.16. The Morgan fingerprint density at radius 2 is 1.90 bits per heavy atom. The van der Waals surface area contributed by atoms with Crippen molar-refractivity contribution in [2.75, 3.05) is 0 Å². The number of aryl methyl sites for hydroxylation is 1. The summed E-state index contributed by atoms with van der Waals surface area (Å²) in [5.41, 5.74) is 4.84. The van der Waals surface area contributed by atoms with Crippen LogP contribution >= 0.6 is 12.2 Å². The number of benzene rings is 2. The highest BCUT2D eigenvalue weighted by Gasteiger charge is 2.15. The van der Waals surface area contributed by atoms with Crippen molar-refractivity contribution in [3.05, 3.63) is 64.4 Å². The van der Waals surface area contributed by atoms with E-state index in [1.165, 1.54) is 16.6 Å². The molecule has 2 aromatic carbocycles. The highest BCUT2D eigenvalue weighted by Crippen LogP contribution is 2.27. The summed E-state index contributed by atoms with van der Waals surface area (Å²) in [5, 5.41) is 0. The van der Waals surface area contributed by atoms with E-state index in [0.29, 0.717) is 0 Å². The summed E-state index contributed by atoms with van der Waals surface area (Å²) in [5.74, 6) is 0.